The number of nitrogens with zero attached hydrogens (tertiary/aromatic N) is 3. The first kappa shape index (κ1) is 14.1. The van der Waals surface area contributed by atoms with E-state index in [0.29, 0.717) is 19.5 Å². The first-order valence-electron chi connectivity index (χ1n) is 6.86. The van der Waals surface area contributed by atoms with Gasteiger partial charge in [-0.05, 0) is 33.7 Å². The number of piperazine rings is 1. The molecular weight excluding hydrogens is 246 g/mol. The van der Waals surface area contributed by atoms with Crippen molar-refractivity contribution in [3.63, 3.8) is 0 Å². The predicted molar refractivity (Wildman–Crippen MR) is 71.0 cm³/mol. The van der Waals surface area contributed by atoms with E-state index in [-0.39, 0.29) is 12.1 Å². The molecule has 1 N–H and O–H groups in total. The number of carbonyl (C=O) groups is 2. The number of aliphatic carboxylic acids is 1. The van der Waals surface area contributed by atoms with Gasteiger partial charge in [-0.3, -0.25) is 0 Å². The smallest absolute Gasteiger partial charge is 0.329 e. The van der Waals surface area contributed by atoms with Gasteiger partial charge >= 0.3 is 12.0 Å². The Labute approximate surface area is 114 Å². The second kappa shape index (κ2) is 5.00. The normalized spacial score (nSPS) is 32.7. The van der Waals surface area contributed by atoms with E-state index in [4.69, 9.17) is 0 Å². The summed E-state index contributed by atoms with van der Waals surface area (Å²) in [4.78, 5) is 29.6. The highest BCUT2D eigenvalue weighted by molar-refractivity contribution is 5.86. The minimum absolute atomic E-state index is 0.122. The number of amides is 2. The van der Waals surface area contributed by atoms with Crippen LogP contribution in [0.2, 0.25) is 0 Å². The molecule has 6 nitrogen and oxygen atoms in total. The Balaban J connectivity index is 2.13. The summed E-state index contributed by atoms with van der Waals surface area (Å²) in [5.41, 5.74) is -1.04. The first-order chi connectivity index (χ1) is 8.86. The highest BCUT2D eigenvalue weighted by Gasteiger charge is 2.47. The van der Waals surface area contributed by atoms with E-state index in [0.717, 1.165) is 19.5 Å². The lowest BCUT2D eigenvalue weighted by Gasteiger charge is -2.42. The summed E-state index contributed by atoms with van der Waals surface area (Å²) in [5.74, 6) is -0.903. The van der Waals surface area contributed by atoms with Crippen molar-refractivity contribution in [2.75, 3.05) is 33.2 Å². The summed E-state index contributed by atoms with van der Waals surface area (Å²) in [6.07, 6.45) is 1.30. The monoisotopic (exact) mass is 269 g/mol. The van der Waals surface area contributed by atoms with Crippen molar-refractivity contribution in [1.82, 2.24) is 14.7 Å². The van der Waals surface area contributed by atoms with Crippen LogP contribution in [0.3, 0.4) is 0 Å². The number of hydrogen-bond donors (Lipinski definition) is 1. The van der Waals surface area contributed by atoms with Crippen LogP contribution < -0.4 is 0 Å². The maximum Gasteiger partial charge on any atom is 0.329 e. The van der Waals surface area contributed by atoms with Crippen LogP contribution in [-0.2, 0) is 4.79 Å². The molecule has 2 aliphatic rings. The Morgan fingerprint density at radius 1 is 1.26 bits per heavy atom. The third kappa shape index (κ3) is 2.41. The lowest BCUT2D eigenvalue weighted by atomic mass is 9.99. The Hall–Kier alpha value is -1.30. The van der Waals surface area contributed by atoms with Crippen LogP contribution in [0.25, 0.3) is 0 Å². The van der Waals surface area contributed by atoms with Gasteiger partial charge in [0.15, 0.2) is 0 Å². The molecule has 2 unspecified atom stereocenters. The quantitative estimate of drug-likeness (QED) is 0.760. The Kier molecular flexibility index (Phi) is 3.71. The molecule has 2 amide bonds. The van der Waals surface area contributed by atoms with Gasteiger partial charge in [-0.25, -0.2) is 9.59 Å². The lowest BCUT2D eigenvalue weighted by Crippen LogP contribution is -2.60. The van der Waals surface area contributed by atoms with Crippen molar-refractivity contribution < 1.29 is 14.7 Å². The molecule has 2 heterocycles. The molecule has 0 aromatic heterocycles. The van der Waals surface area contributed by atoms with Gasteiger partial charge in [0.2, 0.25) is 0 Å². The molecule has 0 radical (unpaired) electrons. The Morgan fingerprint density at radius 3 is 2.53 bits per heavy atom. The summed E-state index contributed by atoms with van der Waals surface area (Å²) >= 11 is 0. The fraction of sp³-hybridized carbons (Fsp3) is 0.846. The molecule has 0 aromatic carbocycles. The molecule has 0 spiro atoms. The number of hydrogen-bond acceptors (Lipinski definition) is 3. The molecular formula is C13H23N3O3. The molecule has 0 aromatic rings. The van der Waals surface area contributed by atoms with E-state index in [1.165, 1.54) is 4.90 Å². The molecule has 0 bridgehead atoms. The molecule has 2 fully saturated rings. The zero-order valence-corrected chi connectivity index (χ0v) is 11.9. The number of carboxylic acid groups (broad SMARTS) is 1. The maximum atomic E-state index is 12.6. The van der Waals surface area contributed by atoms with Crippen molar-refractivity contribution in [2.24, 2.45) is 0 Å². The van der Waals surface area contributed by atoms with Crippen LogP contribution in [-0.4, -0.2) is 76.6 Å². The van der Waals surface area contributed by atoms with Crippen molar-refractivity contribution in [3.05, 3.63) is 0 Å². The van der Waals surface area contributed by atoms with Crippen molar-refractivity contribution >= 4 is 12.0 Å². The number of likely N-dealkylation sites (N-methyl/N-ethyl adjacent to an activating group) is 1. The standard InChI is InChI=1S/C13H23N3O3/c1-10-9-14(3)7-8-15(10)12(19)16-6-4-5-13(16,2)11(17)18/h10H,4-9H2,1-3H3,(H,17,18). The van der Waals surface area contributed by atoms with Crippen LogP contribution >= 0.6 is 0 Å². The number of urea groups is 1. The lowest BCUT2D eigenvalue weighted by molar-refractivity contribution is -0.147. The number of carboxylic acids is 1. The van der Waals surface area contributed by atoms with Gasteiger partial charge in [-0.1, -0.05) is 0 Å². The van der Waals surface area contributed by atoms with Crippen LogP contribution in [0.4, 0.5) is 4.79 Å². The van der Waals surface area contributed by atoms with Crippen LogP contribution in [0, 0.1) is 0 Å². The topological polar surface area (TPSA) is 64.1 Å². The Bertz CT molecular complexity index is 387. The van der Waals surface area contributed by atoms with Crippen molar-refractivity contribution in [3.8, 4) is 0 Å². The zero-order valence-electron chi connectivity index (χ0n) is 11.9. The molecule has 2 aliphatic heterocycles. The summed E-state index contributed by atoms with van der Waals surface area (Å²) in [7, 11) is 2.04. The average molecular weight is 269 g/mol. The van der Waals surface area contributed by atoms with Gasteiger partial charge in [0.05, 0.1) is 0 Å². The van der Waals surface area contributed by atoms with Crippen molar-refractivity contribution in [2.45, 2.75) is 38.3 Å². The summed E-state index contributed by atoms with van der Waals surface area (Å²) < 4.78 is 0. The minimum atomic E-state index is -1.04. The second-order valence-electron chi connectivity index (χ2n) is 5.92. The highest BCUT2D eigenvalue weighted by Crippen LogP contribution is 2.31. The van der Waals surface area contributed by atoms with Gasteiger partial charge in [0.1, 0.15) is 5.54 Å². The molecule has 2 saturated heterocycles. The van der Waals surface area contributed by atoms with Crippen molar-refractivity contribution in [1.29, 1.82) is 0 Å². The molecule has 0 saturated carbocycles. The average Bonchev–Trinajstić information content (AvgIpc) is 2.72. The molecule has 19 heavy (non-hydrogen) atoms. The Morgan fingerprint density at radius 2 is 1.95 bits per heavy atom. The molecule has 2 atom stereocenters. The highest BCUT2D eigenvalue weighted by atomic mass is 16.4. The van der Waals surface area contributed by atoms with Gasteiger partial charge in [0, 0.05) is 32.2 Å². The molecule has 108 valence electrons. The van der Waals surface area contributed by atoms with Crippen LogP contribution in [0.15, 0.2) is 0 Å². The van der Waals surface area contributed by atoms with E-state index in [2.05, 4.69) is 4.90 Å². The third-order valence-corrected chi connectivity index (χ3v) is 4.41. The van der Waals surface area contributed by atoms with Crippen LogP contribution in [0.5, 0.6) is 0 Å². The van der Waals surface area contributed by atoms with E-state index >= 15 is 0 Å². The molecule has 2 rings (SSSR count). The minimum Gasteiger partial charge on any atom is -0.480 e. The fourth-order valence-electron chi connectivity index (χ4n) is 3.07. The third-order valence-electron chi connectivity index (χ3n) is 4.41. The van der Waals surface area contributed by atoms with Gasteiger partial charge in [0.25, 0.3) is 0 Å². The van der Waals surface area contributed by atoms with E-state index in [1.807, 2.05) is 18.9 Å². The largest absolute Gasteiger partial charge is 0.480 e. The number of rotatable bonds is 1. The second-order valence-corrected chi connectivity index (χ2v) is 5.92. The first-order valence-corrected chi connectivity index (χ1v) is 6.86. The SMILES string of the molecule is CC1CN(C)CCN1C(=O)N1CCCC1(C)C(=O)O. The predicted octanol–water partition coefficient (Wildman–Crippen LogP) is 0.681. The van der Waals surface area contributed by atoms with E-state index < -0.39 is 11.5 Å². The summed E-state index contributed by atoms with van der Waals surface area (Å²) in [6, 6.07) is 0.00731. The van der Waals surface area contributed by atoms with E-state index in [9.17, 15) is 14.7 Å². The fourth-order valence-corrected chi connectivity index (χ4v) is 3.07. The number of carbonyl (C=O) groups excluding carboxylic acids is 1. The van der Waals surface area contributed by atoms with Gasteiger partial charge in [-0.2, -0.15) is 0 Å². The molecule has 6 heteroatoms. The van der Waals surface area contributed by atoms with E-state index in [1.54, 1.807) is 6.92 Å². The van der Waals surface area contributed by atoms with Crippen LogP contribution in [0.1, 0.15) is 26.7 Å². The summed E-state index contributed by atoms with van der Waals surface area (Å²) in [5, 5.41) is 9.38. The summed E-state index contributed by atoms with van der Waals surface area (Å²) in [6.45, 7) is 6.56. The zero-order chi connectivity index (χ0) is 14.2. The maximum absolute atomic E-state index is 12.6. The van der Waals surface area contributed by atoms with Gasteiger partial charge < -0.3 is 19.8 Å². The van der Waals surface area contributed by atoms with Gasteiger partial charge in [-0.15, -0.1) is 0 Å². The molecule has 0 aliphatic carbocycles. The number of likely N-dealkylation sites (tertiary alicyclic amines) is 1.